The van der Waals surface area contributed by atoms with E-state index in [1.807, 2.05) is 37.1 Å². The van der Waals surface area contributed by atoms with Gasteiger partial charge in [-0.3, -0.25) is 4.79 Å². The highest BCUT2D eigenvalue weighted by Crippen LogP contribution is 2.31. The fourth-order valence-corrected chi connectivity index (χ4v) is 4.24. The predicted molar refractivity (Wildman–Crippen MR) is 130 cm³/mol. The topological polar surface area (TPSA) is 121 Å². The summed E-state index contributed by atoms with van der Waals surface area (Å²) in [6.07, 6.45) is 4.92. The van der Waals surface area contributed by atoms with E-state index >= 15 is 0 Å². The minimum absolute atomic E-state index is 0.0568. The number of nitrogens with two attached hydrogens (primary N) is 1. The molecule has 176 valence electrons. The van der Waals surface area contributed by atoms with Crippen LogP contribution in [0.2, 0.25) is 0 Å². The number of nitrogens with one attached hydrogen (secondary N) is 2. The number of rotatable bonds is 8. The summed E-state index contributed by atoms with van der Waals surface area (Å²) in [5.74, 6) is 1.67. The molecule has 0 spiro atoms. The number of benzene rings is 1. The Balaban J connectivity index is 1.46. The number of phenols is 1. The second kappa shape index (κ2) is 10.1. The van der Waals surface area contributed by atoms with E-state index in [1.165, 1.54) is 0 Å². The SMILES string of the molecule is CNc1cnn2c(NCC3CCN(C(=O)CCC(C)N)CC3)cc(-c3ccccc3O)nc12. The zero-order chi connectivity index (χ0) is 23.4. The fraction of sp³-hybridized carbons (Fsp3) is 0.458. The number of fused-ring (bicyclic) bond motifs is 1. The van der Waals surface area contributed by atoms with E-state index in [2.05, 4.69) is 15.7 Å². The van der Waals surface area contributed by atoms with Gasteiger partial charge in [-0.05, 0) is 44.2 Å². The Morgan fingerprint density at radius 2 is 2.06 bits per heavy atom. The Kier molecular flexibility index (Phi) is 6.98. The number of hydrogen-bond acceptors (Lipinski definition) is 7. The van der Waals surface area contributed by atoms with Gasteiger partial charge in [0.25, 0.3) is 0 Å². The highest BCUT2D eigenvalue weighted by Gasteiger charge is 2.23. The summed E-state index contributed by atoms with van der Waals surface area (Å²) in [6, 6.07) is 9.16. The van der Waals surface area contributed by atoms with Crippen LogP contribution in [0.15, 0.2) is 36.5 Å². The molecule has 1 unspecified atom stereocenters. The number of likely N-dealkylation sites (tertiary alicyclic amines) is 1. The molecule has 0 bridgehead atoms. The van der Waals surface area contributed by atoms with Gasteiger partial charge in [0.05, 0.1) is 17.6 Å². The minimum atomic E-state index is 0.0568. The number of piperidine rings is 1. The van der Waals surface area contributed by atoms with E-state index in [0.717, 1.165) is 50.4 Å². The normalized spacial score (nSPS) is 15.5. The molecule has 4 rings (SSSR count). The number of para-hydroxylation sites is 1. The van der Waals surface area contributed by atoms with Gasteiger partial charge in [0.15, 0.2) is 5.65 Å². The zero-order valence-electron chi connectivity index (χ0n) is 19.3. The second-order valence-electron chi connectivity index (χ2n) is 8.81. The van der Waals surface area contributed by atoms with Crippen molar-refractivity contribution in [3.05, 3.63) is 36.5 Å². The zero-order valence-corrected chi connectivity index (χ0v) is 19.3. The summed E-state index contributed by atoms with van der Waals surface area (Å²) < 4.78 is 1.78. The van der Waals surface area contributed by atoms with Crippen molar-refractivity contribution in [3.63, 3.8) is 0 Å². The molecule has 0 aliphatic carbocycles. The third kappa shape index (κ3) is 5.19. The fourth-order valence-electron chi connectivity index (χ4n) is 4.24. The van der Waals surface area contributed by atoms with Crippen molar-refractivity contribution in [2.75, 3.05) is 37.3 Å². The van der Waals surface area contributed by atoms with Crippen LogP contribution in [-0.2, 0) is 4.79 Å². The molecular weight excluding hydrogens is 418 g/mol. The lowest BCUT2D eigenvalue weighted by Gasteiger charge is -2.32. The number of phenolic OH excluding ortho intramolecular Hbond substituents is 1. The van der Waals surface area contributed by atoms with E-state index in [4.69, 9.17) is 10.7 Å². The van der Waals surface area contributed by atoms with Crippen LogP contribution in [0.4, 0.5) is 11.5 Å². The molecule has 0 radical (unpaired) electrons. The molecule has 3 heterocycles. The van der Waals surface area contributed by atoms with Crippen LogP contribution >= 0.6 is 0 Å². The number of anilines is 2. The lowest BCUT2D eigenvalue weighted by atomic mass is 9.96. The van der Waals surface area contributed by atoms with E-state index in [-0.39, 0.29) is 17.7 Å². The number of carbonyl (C=O) groups excluding carboxylic acids is 1. The number of amides is 1. The first kappa shape index (κ1) is 22.8. The monoisotopic (exact) mass is 451 g/mol. The van der Waals surface area contributed by atoms with Crippen LogP contribution in [0.5, 0.6) is 5.75 Å². The van der Waals surface area contributed by atoms with Crippen molar-refractivity contribution >= 4 is 23.1 Å². The van der Waals surface area contributed by atoms with Crippen molar-refractivity contribution in [2.24, 2.45) is 11.7 Å². The van der Waals surface area contributed by atoms with E-state index in [9.17, 15) is 9.90 Å². The van der Waals surface area contributed by atoms with Crippen LogP contribution in [0.3, 0.4) is 0 Å². The second-order valence-corrected chi connectivity index (χ2v) is 8.81. The Morgan fingerprint density at radius 1 is 1.30 bits per heavy atom. The molecule has 9 nitrogen and oxygen atoms in total. The molecule has 1 fully saturated rings. The van der Waals surface area contributed by atoms with E-state index in [0.29, 0.717) is 29.2 Å². The third-order valence-corrected chi connectivity index (χ3v) is 6.27. The summed E-state index contributed by atoms with van der Waals surface area (Å²) in [4.78, 5) is 19.1. The average Bonchev–Trinajstić information content (AvgIpc) is 3.25. The van der Waals surface area contributed by atoms with Gasteiger partial charge in [0, 0.05) is 50.8 Å². The van der Waals surface area contributed by atoms with Gasteiger partial charge in [0.1, 0.15) is 11.6 Å². The Bertz CT molecular complexity index is 1100. The van der Waals surface area contributed by atoms with Gasteiger partial charge < -0.3 is 26.4 Å². The molecule has 1 aromatic carbocycles. The van der Waals surface area contributed by atoms with Crippen LogP contribution in [0.25, 0.3) is 16.9 Å². The van der Waals surface area contributed by atoms with E-state index in [1.54, 1.807) is 22.8 Å². The maximum atomic E-state index is 12.4. The highest BCUT2D eigenvalue weighted by atomic mass is 16.3. The third-order valence-electron chi connectivity index (χ3n) is 6.27. The molecule has 3 aromatic rings. The van der Waals surface area contributed by atoms with Crippen molar-refractivity contribution in [1.29, 1.82) is 0 Å². The first-order valence-corrected chi connectivity index (χ1v) is 11.6. The van der Waals surface area contributed by atoms with Crippen molar-refractivity contribution in [2.45, 2.75) is 38.6 Å². The molecule has 33 heavy (non-hydrogen) atoms. The van der Waals surface area contributed by atoms with Gasteiger partial charge >= 0.3 is 0 Å². The van der Waals surface area contributed by atoms with Crippen molar-refractivity contribution in [1.82, 2.24) is 19.5 Å². The predicted octanol–water partition coefficient (Wildman–Crippen LogP) is 2.92. The average molecular weight is 452 g/mol. The lowest BCUT2D eigenvalue weighted by molar-refractivity contribution is -0.132. The highest BCUT2D eigenvalue weighted by molar-refractivity contribution is 5.77. The largest absolute Gasteiger partial charge is 0.507 e. The van der Waals surface area contributed by atoms with Crippen LogP contribution < -0.4 is 16.4 Å². The number of aromatic nitrogens is 3. The molecule has 1 saturated heterocycles. The smallest absolute Gasteiger partial charge is 0.222 e. The van der Waals surface area contributed by atoms with Gasteiger partial charge in [0.2, 0.25) is 5.91 Å². The number of nitrogens with zero attached hydrogens (tertiary/aromatic N) is 4. The molecule has 9 heteroatoms. The molecule has 2 aromatic heterocycles. The van der Waals surface area contributed by atoms with E-state index < -0.39 is 0 Å². The number of aromatic hydroxyl groups is 1. The molecule has 1 amide bonds. The van der Waals surface area contributed by atoms with Crippen LogP contribution in [0, 0.1) is 5.92 Å². The van der Waals surface area contributed by atoms with Crippen molar-refractivity contribution < 1.29 is 9.90 Å². The molecule has 1 aliphatic heterocycles. The maximum Gasteiger partial charge on any atom is 0.222 e. The van der Waals surface area contributed by atoms with Gasteiger partial charge in [-0.25, -0.2) is 4.98 Å². The Hall–Kier alpha value is -3.33. The first-order valence-electron chi connectivity index (χ1n) is 11.6. The summed E-state index contributed by atoms with van der Waals surface area (Å²) in [5.41, 5.74) is 8.64. The Labute approximate surface area is 194 Å². The molecule has 5 N–H and O–H groups in total. The van der Waals surface area contributed by atoms with Crippen LogP contribution in [0.1, 0.15) is 32.6 Å². The van der Waals surface area contributed by atoms with Gasteiger partial charge in [-0.15, -0.1) is 0 Å². The molecular formula is C24H33N7O2. The molecule has 1 atom stereocenters. The summed E-state index contributed by atoms with van der Waals surface area (Å²) in [7, 11) is 1.84. The first-order chi connectivity index (χ1) is 16.0. The standard InChI is InChI=1S/C24H33N7O2/c1-16(25)7-8-23(33)30-11-9-17(10-12-30)14-27-22-13-19(18-5-3-4-6-21(18)32)29-24-20(26-2)15-28-31(22)24/h3-6,13,15-17,26-27,32H,7-12,14,25H2,1-2H3. The van der Waals surface area contributed by atoms with Crippen molar-refractivity contribution in [3.8, 4) is 17.0 Å². The number of hydrogen-bond donors (Lipinski definition) is 4. The Morgan fingerprint density at radius 3 is 2.76 bits per heavy atom. The minimum Gasteiger partial charge on any atom is -0.507 e. The van der Waals surface area contributed by atoms with Crippen LogP contribution in [-0.4, -0.2) is 63.2 Å². The summed E-state index contributed by atoms with van der Waals surface area (Å²) in [5, 5.41) is 21.5. The quantitative estimate of drug-likeness (QED) is 0.415. The number of carbonyl (C=O) groups is 1. The van der Waals surface area contributed by atoms with Gasteiger partial charge in [-0.1, -0.05) is 12.1 Å². The molecule has 0 saturated carbocycles. The lowest BCUT2D eigenvalue weighted by Crippen LogP contribution is -2.40. The summed E-state index contributed by atoms with van der Waals surface area (Å²) in [6.45, 7) is 4.27. The van der Waals surface area contributed by atoms with Gasteiger partial charge in [-0.2, -0.15) is 9.61 Å². The maximum absolute atomic E-state index is 12.4. The molecule has 1 aliphatic rings. The summed E-state index contributed by atoms with van der Waals surface area (Å²) >= 11 is 0.